The molecule has 0 aliphatic heterocycles. The molecule has 0 amide bonds. The van der Waals surface area contributed by atoms with Crippen LogP contribution in [0, 0.1) is 12.7 Å². The van der Waals surface area contributed by atoms with Crippen molar-refractivity contribution in [2.24, 2.45) is 0 Å². The fourth-order valence-corrected chi connectivity index (χ4v) is 1.33. The Kier molecular flexibility index (Phi) is 4.25. The van der Waals surface area contributed by atoms with Crippen molar-refractivity contribution in [1.82, 2.24) is 0 Å². The number of ether oxygens (including phenoxy) is 1. The zero-order chi connectivity index (χ0) is 12.1. The van der Waals surface area contributed by atoms with Crippen molar-refractivity contribution < 1.29 is 19.0 Å². The van der Waals surface area contributed by atoms with Crippen LogP contribution in [-0.4, -0.2) is 30.8 Å². The average molecular weight is 227 g/mol. The topological polar surface area (TPSA) is 58.6 Å². The molecule has 0 aromatic heterocycles. The number of para-hydroxylation sites is 1. The maximum Gasteiger partial charge on any atom is 0.328 e. The lowest BCUT2D eigenvalue weighted by Crippen LogP contribution is -2.34. The minimum Gasteiger partial charge on any atom is -0.480 e. The summed E-state index contributed by atoms with van der Waals surface area (Å²) in [4.78, 5) is 10.9. The summed E-state index contributed by atoms with van der Waals surface area (Å²) in [6.07, 6.45) is 0. The highest BCUT2D eigenvalue weighted by atomic mass is 19.1. The Balaban J connectivity index is 2.89. The van der Waals surface area contributed by atoms with E-state index in [9.17, 15) is 9.18 Å². The Morgan fingerprint density at radius 3 is 2.81 bits per heavy atom. The molecule has 0 aliphatic carbocycles. The van der Waals surface area contributed by atoms with Gasteiger partial charge in [0.15, 0.2) is 0 Å². The van der Waals surface area contributed by atoms with Gasteiger partial charge in [0, 0.05) is 7.11 Å². The number of methoxy groups -OCH3 is 1. The second-order valence-electron chi connectivity index (χ2n) is 3.42. The number of carboxylic acids is 1. The van der Waals surface area contributed by atoms with Crippen molar-refractivity contribution in [1.29, 1.82) is 0 Å². The normalized spacial score (nSPS) is 12.2. The molecule has 0 spiro atoms. The van der Waals surface area contributed by atoms with Gasteiger partial charge in [0.2, 0.25) is 0 Å². The first-order chi connectivity index (χ1) is 7.56. The summed E-state index contributed by atoms with van der Waals surface area (Å²) in [6.45, 7) is 1.68. The van der Waals surface area contributed by atoms with E-state index in [1.54, 1.807) is 19.1 Å². The number of hydrogen-bond acceptors (Lipinski definition) is 3. The van der Waals surface area contributed by atoms with Crippen molar-refractivity contribution in [3.8, 4) is 0 Å². The van der Waals surface area contributed by atoms with Gasteiger partial charge < -0.3 is 15.2 Å². The zero-order valence-electron chi connectivity index (χ0n) is 9.16. The standard InChI is InChI=1S/C11H14FNO3/c1-7-4-3-5-8(12)10(7)13-9(6-16-2)11(14)15/h3-5,9,13H,6H2,1-2H3,(H,14,15). The van der Waals surface area contributed by atoms with E-state index >= 15 is 0 Å². The van der Waals surface area contributed by atoms with Gasteiger partial charge in [0.05, 0.1) is 12.3 Å². The van der Waals surface area contributed by atoms with Crippen LogP contribution < -0.4 is 5.32 Å². The molecule has 88 valence electrons. The molecule has 5 heteroatoms. The van der Waals surface area contributed by atoms with Gasteiger partial charge >= 0.3 is 5.97 Å². The fraction of sp³-hybridized carbons (Fsp3) is 0.364. The van der Waals surface area contributed by atoms with Crippen LogP contribution in [0.1, 0.15) is 5.56 Å². The molecule has 0 saturated heterocycles. The molecular formula is C11H14FNO3. The van der Waals surface area contributed by atoms with Crippen LogP contribution in [0.4, 0.5) is 10.1 Å². The Labute approximate surface area is 93.0 Å². The van der Waals surface area contributed by atoms with Gasteiger partial charge in [0.25, 0.3) is 0 Å². The lowest BCUT2D eigenvalue weighted by molar-refractivity contribution is -0.139. The number of halogens is 1. The van der Waals surface area contributed by atoms with E-state index in [0.717, 1.165) is 0 Å². The first kappa shape index (κ1) is 12.4. The molecule has 0 fully saturated rings. The third-order valence-electron chi connectivity index (χ3n) is 2.17. The third-order valence-corrected chi connectivity index (χ3v) is 2.17. The van der Waals surface area contributed by atoms with E-state index in [1.807, 2.05) is 0 Å². The number of carboxylic acid groups (broad SMARTS) is 1. The number of aryl methyl sites for hydroxylation is 1. The number of benzene rings is 1. The molecule has 0 radical (unpaired) electrons. The summed E-state index contributed by atoms with van der Waals surface area (Å²) in [6, 6.07) is 3.60. The molecule has 16 heavy (non-hydrogen) atoms. The van der Waals surface area contributed by atoms with Crippen molar-refractivity contribution in [2.75, 3.05) is 19.0 Å². The molecule has 0 bridgehead atoms. The van der Waals surface area contributed by atoms with Crippen LogP contribution in [-0.2, 0) is 9.53 Å². The van der Waals surface area contributed by atoms with E-state index < -0.39 is 17.8 Å². The van der Waals surface area contributed by atoms with Gasteiger partial charge in [-0.2, -0.15) is 0 Å². The van der Waals surface area contributed by atoms with Gasteiger partial charge in [-0.3, -0.25) is 0 Å². The highest BCUT2D eigenvalue weighted by Gasteiger charge is 2.19. The van der Waals surface area contributed by atoms with Crippen molar-refractivity contribution in [2.45, 2.75) is 13.0 Å². The Morgan fingerprint density at radius 2 is 2.31 bits per heavy atom. The molecule has 0 aliphatic rings. The lowest BCUT2D eigenvalue weighted by Gasteiger charge is -2.16. The molecule has 1 unspecified atom stereocenters. The molecule has 1 aromatic rings. The molecule has 0 saturated carbocycles. The number of hydrogen-bond donors (Lipinski definition) is 2. The van der Waals surface area contributed by atoms with Gasteiger partial charge in [-0.05, 0) is 18.6 Å². The number of nitrogens with one attached hydrogen (secondary N) is 1. The molecule has 1 atom stereocenters. The van der Waals surface area contributed by atoms with Crippen LogP contribution in [0.3, 0.4) is 0 Å². The number of carbonyl (C=O) groups is 1. The minimum atomic E-state index is -1.08. The lowest BCUT2D eigenvalue weighted by atomic mass is 10.1. The van der Waals surface area contributed by atoms with Gasteiger partial charge in [-0.1, -0.05) is 12.1 Å². The maximum absolute atomic E-state index is 13.4. The van der Waals surface area contributed by atoms with E-state index in [4.69, 9.17) is 9.84 Å². The maximum atomic E-state index is 13.4. The number of anilines is 1. The van der Waals surface area contributed by atoms with Crippen LogP contribution in [0.15, 0.2) is 18.2 Å². The molecule has 1 rings (SSSR count). The quantitative estimate of drug-likeness (QED) is 0.803. The van der Waals surface area contributed by atoms with Crippen molar-refractivity contribution >= 4 is 11.7 Å². The van der Waals surface area contributed by atoms with Crippen molar-refractivity contribution in [3.05, 3.63) is 29.6 Å². The van der Waals surface area contributed by atoms with Crippen LogP contribution in [0.25, 0.3) is 0 Å². The highest BCUT2D eigenvalue weighted by molar-refractivity contribution is 5.78. The second-order valence-corrected chi connectivity index (χ2v) is 3.42. The predicted octanol–water partition coefficient (Wildman–Crippen LogP) is 1.65. The first-order valence-corrected chi connectivity index (χ1v) is 4.79. The van der Waals surface area contributed by atoms with E-state index in [0.29, 0.717) is 5.56 Å². The zero-order valence-corrected chi connectivity index (χ0v) is 9.16. The van der Waals surface area contributed by atoms with Crippen molar-refractivity contribution in [3.63, 3.8) is 0 Å². The van der Waals surface area contributed by atoms with Crippen LogP contribution >= 0.6 is 0 Å². The minimum absolute atomic E-state index is 0.0247. The largest absolute Gasteiger partial charge is 0.480 e. The first-order valence-electron chi connectivity index (χ1n) is 4.79. The SMILES string of the molecule is COCC(Nc1c(C)cccc1F)C(=O)O. The highest BCUT2D eigenvalue weighted by Crippen LogP contribution is 2.19. The van der Waals surface area contributed by atoms with E-state index in [-0.39, 0.29) is 12.3 Å². The smallest absolute Gasteiger partial charge is 0.328 e. The van der Waals surface area contributed by atoms with Gasteiger partial charge in [-0.25, -0.2) is 9.18 Å². The number of rotatable bonds is 5. The summed E-state index contributed by atoms with van der Waals surface area (Å²) < 4.78 is 18.2. The summed E-state index contributed by atoms with van der Waals surface area (Å²) in [5.74, 6) is -1.55. The Bertz CT molecular complexity index is 361. The van der Waals surface area contributed by atoms with E-state index in [2.05, 4.69) is 5.32 Å². The Hall–Kier alpha value is -1.62. The predicted molar refractivity (Wildman–Crippen MR) is 58.1 cm³/mol. The molecule has 4 nitrogen and oxygen atoms in total. The van der Waals surface area contributed by atoms with Gasteiger partial charge in [0.1, 0.15) is 11.9 Å². The average Bonchev–Trinajstić information content (AvgIpc) is 2.21. The molecule has 2 N–H and O–H groups in total. The van der Waals surface area contributed by atoms with Gasteiger partial charge in [-0.15, -0.1) is 0 Å². The molecule has 1 aromatic carbocycles. The Morgan fingerprint density at radius 1 is 1.62 bits per heavy atom. The molecular weight excluding hydrogens is 213 g/mol. The monoisotopic (exact) mass is 227 g/mol. The van der Waals surface area contributed by atoms with E-state index in [1.165, 1.54) is 13.2 Å². The number of aliphatic carboxylic acids is 1. The molecule has 0 heterocycles. The van der Waals surface area contributed by atoms with Crippen LogP contribution in [0.2, 0.25) is 0 Å². The second kappa shape index (κ2) is 5.46. The summed E-state index contributed by atoms with van der Waals surface area (Å²) >= 11 is 0. The summed E-state index contributed by atoms with van der Waals surface area (Å²) in [5.41, 5.74) is 0.856. The van der Waals surface area contributed by atoms with Crippen LogP contribution in [0.5, 0.6) is 0 Å². The fourth-order valence-electron chi connectivity index (χ4n) is 1.33. The third kappa shape index (κ3) is 2.93. The summed E-state index contributed by atoms with van der Waals surface area (Å²) in [5, 5.41) is 11.5. The summed E-state index contributed by atoms with van der Waals surface area (Å²) in [7, 11) is 1.39.